The van der Waals surface area contributed by atoms with Gasteiger partial charge in [0.05, 0.1) is 10.5 Å². The third-order valence-corrected chi connectivity index (χ3v) is 5.86. The summed E-state index contributed by atoms with van der Waals surface area (Å²) in [5.74, 6) is 0.862. The van der Waals surface area contributed by atoms with Gasteiger partial charge in [0.2, 0.25) is 0 Å². The van der Waals surface area contributed by atoms with Crippen LogP contribution in [0, 0.1) is 5.92 Å². The van der Waals surface area contributed by atoms with E-state index in [1.807, 2.05) is 0 Å². The van der Waals surface area contributed by atoms with Crippen LogP contribution >= 0.6 is 0 Å². The van der Waals surface area contributed by atoms with Crippen LogP contribution in [0.2, 0.25) is 0 Å². The fourth-order valence-corrected chi connectivity index (χ4v) is 2.79. The molecule has 1 heterocycles. The molecule has 1 fully saturated rings. The van der Waals surface area contributed by atoms with Crippen LogP contribution in [-0.2, 0) is 14.6 Å². The highest BCUT2D eigenvalue weighted by molar-refractivity contribution is 7.92. The first-order valence-electron chi connectivity index (χ1n) is 6.34. The topological polar surface area (TPSA) is 55.4 Å². The largest absolute Gasteiger partial charge is 0.381 e. The van der Waals surface area contributed by atoms with Crippen molar-refractivity contribution in [3.8, 4) is 0 Å². The van der Waals surface area contributed by atoms with E-state index in [1.54, 1.807) is 20.8 Å². The molecule has 0 spiro atoms. The molecule has 1 N–H and O–H groups in total. The van der Waals surface area contributed by atoms with Crippen molar-refractivity contribution in [2.45, 2.75) is 38.4 Å². The first kappa shape index (κ1) is 14.9. The Morgan fingerprint density at radius 2 is 1.82 bits per heavy atom. The van der Waals surface area contributed by atoms with Crippen LogP contribution in [0.25, 0.3) is 0 Å². The van der Waals surface area contributed by atoms with Crippen molar-refractivity contribution in [2.75, 3.05) is 32.1 Å². The van der Waals surface area contributed by atoms with Crippen molar-refractivity contribution in [3.05, 3.63) is 0 Å². The van der Waals surface area contributed by atoms with Gasteiger partial charge in [-0.3, -0.25) is 0 Å². The van der Waals surface area contributed by atoms with Gasteiger partial charge in [-0.1, -0.05) is 0 Å². The van der Waals surface area contributed by atoms with Gasteiger partial charge < -0.3 is 10.1 Å². The second-order valence-electron chi connectivity index (χ2n) is 5.69. The van der Waals surface area contributed by atoms with Gasteiger partial charge in [-0.05, 0) is 46.1 Å². The molecule has 0 radical (unpaired) electrons. The molecule has 1 saturated heterocycles. The molecule has 0 aliphatic carbocycles. The smallest absolute Gasteiger partial charge is 0.156 e. The Kier molecular flexibility index (Phi) is 5.41. The Bertz CT molecular complexity index is 313. The van der Waals surface area contributed by atoms with E-state index in [0.29, 0.717) is 12.5 Å². The van der Waals surface area contributed by atoms with Crippen LogP contribution in [0.3, 0.4) is 0 Å². The lowest BCUT2D eigenvalue weighted by atomic mass is 10.0. The summed E-state index contributed by atoms with van der Waals surface area (Å²) < 4.78 is 28.3. The molecular weight excluding hydrogens is 238 g/mol. The molecular formula is C12H25NO3S. The lowest BCUT2D eigenvalue weighted by Crippen LogP contribution is -2.36. The highest BCUT2D eigenvalue weighted by atomic mass is 32.2. The normalized spacial score (nSPS) is 19.5. The van der Waals surface area contributed by atoms with Gasteiger partial charge in [0.25, 0.3) is 0 Å². The molecule has 1 aliphatic heterocycles. The van der Waals surface area contributed by atoms with Crippen molar-refractivity contribution in [2.24, 2.45) is 5.92 Å². The third-order valence-electron chi connectivity index (χ3n) is 3.25. The summed E-state index contributed by atoms with van der Waals surface area (Å²) in [6.07, 6.45) is 2.16. The van der Waals surface area contributed by atoms with Crippen molar-refractivity contribution < 1.29 is 13.2 Å². The van der Waals surface area contributed by atoms with Gasteiger partial charge in [0.1, 0.15) is 0 Å². The van der Waals surface area contributed by atoms with Crippen LogP contribution in [0.4, 0.5) is 0 Å². The SMILES string of the molecule is CC(C)(C)S(=O)(=O)CCNCC1CCOCC1. The second kappa shape index (κ2) is 6.16. The van der Waals surface area contributed by atoms with Gasteiger partial charge in [0, 0.05) is 19.8 Å². The first-order valence-corrected chi connectivity index (χ1v) is 7.99. The lowest BCUT2D eigenvalue weighted by molar-refractivity contribution is 0.0665. The molecule has 102 valence electrons. The highest BCUT2D eigenvalue weighted by Gasteiger charge is 2.28. The van der Waals surface area contributed by atoms with E-state index in [9.17, 15) is 8.42 Å². The maximum absolute atomic E-state index is 11.8. The monoisotopic (exact) mass is 263 g/mol. The fraction of sp³-hybridized carbons (Fsp3) is 1.00. The standard InChI is InChI=1S/C12H25NO3S/c1-12(2,3)17(14,15)9-6-13-10-11-4-7-16-8-5-11/h11,13H,4-10H2,1-3H3. The van der Waals surface area contributed by atoms with Gasteiger partial charge in [-0.2, -0.15) is 0 Å². The lowest BCUT2D eigenvalue weighted by Gasteiger charge is -2.23. The minimum Gasteiger partial charge on any atom is -0.381 e. The molecule has 0 bridgehead atoms. The Hall–Kier alpha value is -0.130. The van der Waals surface area contributed by atoms with Crippen LogP contribution < -0.4 is 5.32 Å². The Morgan fingerprint density at radius 1 is 1.24 bits per heavy atom. The molecule has 1 rings (SSSR count). The van der Waals surface area contributed by atoms with E-state index in [4.69, 9.17) is 4.74 Å². The van der Waals surface area contributed by atoms with E-state index in [1.165, 1.54) is 0 Å². The number of rotatable bonds is 5. The maximum Gasteiger partial charge on any atom is 0.156 e. The Morgan fingerprint density at radius 3 is 2.35 bits per heavy atom. The summed E-state index contributed by atoms with van der Waals surface area (Å²) >= 11 is 0. The summed E-state index contributed by atoms with van der Waals surface area (Å²) in [4.78, 5) is 0. The van der Waals surface area contributed by atoms with E-state index in [-0.39, 0.29) is 5.75 Å². The molecule has 0 saturated carbocycles. The van der Waals surface area contributed by atoms with Crippen LogP contribution in [-0.4, -0.2) is 45.2 Å². The number of sulfone groups is 1. The van der Waals surface area contributed by atoms with Crippen molar-refractivity contribution in [1.29, 1.82) is 0 Å². The number of hydrogen-bond acceptors (Lipinski definition) is 4. The van der Waals surface area contributed by atoms with Crippen LogP contribution in [0.5, 0.6) is 0 Å². The van der Waals surface area contributed by atoms with Gasteiger partial charge in [-0.15, -0.1) is 0 Å². The summed E-state index contributed by atoms with van der Waals surface area (Å²) in [5.41, 5.74) is 0. The summed E-state index contributed by atoms with van der Waals surface area (Å²) in [6.45, 7) is 8.39. The number of hydrogen-bond donors (Lipinski definition) is 1. The van der Waals surface area contributed by atoms with E-state index in [2.05, 4.69) is 5.32 Å². The fourth-order valence-electron chi connectivity index (χ4n) is 1.77. The zero-order valence-electron chi connectivity index (χ0n) is 11.2. The minimum absolute atomic E-state index is 0.222. The summed E-state index contributed by atoms with van der Waals surface area (Å²) in [7, 11) is -2.99. The maximum atomic E-state index is 11.8. The Labute approximate surface area is 105 Å². The summed E-state index contributed by atoms with van der Waals surface area (Å²) in [6, 6.07) is 0. The minimum atomic E-state index is -2.99. The Balaban J connectivity index is 2.19. The molecule has 17 heavy (non-hydrogen) atoms. The van der Waals surface area contributed by atoms with E-state index < -0.39 is 14.6 Å². The second-order valence-corrected chi connectivity index (χ2v) is 8.55. The average Bonchev–Trinajstić information content (AvgIpc) is 2.24. The quantitative estimate of drug-likeness (QED) is 0.758. The van der Waals surface area contributed by atoms with Gasteiger partial charge in [0.15, 0.2) is 9.84 Å². The van der Waals surface area contributed by atoms with E-state index in [0.717, 1.165) is 32.6 Å². The zero-order chi connectivity index (χ0) is 12.9. The van der Waals surface area contributed by atoms with E-state index >= 15 is 0 Å². The van der Waals surface area contributed by atoms with Crippen LogP contribution in [0.15, 0.2) is 0 Å². The molecule has 0 aromatic carbocycles. The molecule has 1 aliphatic rings. The third kappa shape index (κ3) is 4.94. The molecule has 0 amide bonds. The van der Waals surface area contributed by atoms with Crippen molar-refractivity contribution in [1.82, 2.24) is 5.32 Å². The highest BCUT2D eigenvalue weighted by Crippen LogP contribution is 2.16. The average molecular weight is 263 g/mol. The number of nitrogens with one attached hydrogen (secondary N) is 1. The molecule has 5 heteroatoms. The van der Waals surface area contributed by atoms with Gasteiger partial charge >= 0.3 is 0 Å². The predicted molar refractivity (Wildman–Crippen MR) is 70.0 cm³/mol. The van der Waals surface area contributed by atoms with Crippen molar-refractivity contribution >= 4 is 9.84 Å². The first-order chi connectivity index (χ1) is 7.83. The molecule has 4 nitrogen and oxygen atoms in total. The molecule has 0 atom stereocenters. The van der Waals surface area contributed by atoms with Crippen LogP contribution in [0.1, 0.15) is 33.6 Å². The molecule has 0 unspecified atom stereocenters. The zero-order valence-corrected chi connectivity index (χ0v) is 12.0. The molecule has 0 aromatic rings. The van der Waals surface area contributed by atoms with Gasteiger partial charge in [-0.25, -0.2) is 8.42 Å². The number of ether oxygens (including phenoxy) is 1. The summed E-state index contributed by atoms with van der Waals surface area (Å²) in [5, 5.41) is 3.25. The predicted octanol–water partition coefficient (Wildman–Crippen LogP) is 1.22. The molecule has 0 aromatic heterocycles. The van der Waals surface area contributed by atoms with Crippen molar-refractivity contribution in [3.63, 3.8) is 0 Å².